The number of rotatable bonds is 7. The molecule has 0 saturated carbocycles. The number of aromatic nitrogens is 4. The van der Waals surface area contributed by atoms with Crippen molar-refractivity contribution in [1.29, 1.82) is 0 Å². The Morgan fingerprint density at radius 1 is 1.03 bits per heavy atom. The number of halogens is 2. The molecule has 1 aliphatic rings. The number of hydrogen-bond donors (Lipinski definition) is 2. The molecule has 8 nitrogen and oxygen atoms in total. The van der Waals surface area contributed by atoms with E-state index in [1.165, 1.54) is 12.1 Å². The molecule has 0 atom stereocenters. The summed E-state index contributed by atoms with van der Waals surface area (Å²) >= 11 is 0. The van der Waals surface area contributed by atoms with Crippen molar-refractivity contribution in [2.75, 3.05) is 32.8 Å². The van der Waals surface area contributed by atoms with Crippen LogP contribution >= 0.6 is 0 Å². The number of H-pyrrole nitrogens is 2. The second-order valence-corrected chi connectivity index (χ2v) is 8.87. The van der Waals surface area contributed by atoms with Crippen LogP contribution < -0.4 is 21.8 Å². The minimum Gasteiger partial charge on any atom is -0.379 e. The quantitative estimate of drug-likeness (QED) is 0.522. The van der Waals surface area contributed by atoms with E-state index >= 15 is 0 Å². The molecule has 10 heteroatoms. The van der Waals surface area contributed by atoms with Gasteiger partial charge in [0.25, 0.3) is 11.1 Å². The standard InChI is InChI=1S/C25H29F2N5O3/c1-16(2)23-20(28-15-32(23)7-3-6-31-8-10-35-11-9-31)14-22-25(34)29-21(24(33)30-22)13-17-4-5-18(26)19(27)12-17/h4-5,12-16H,3,6-11H2,1-2H3,(H,29,34)(H,30,33)/b21-13-,22-14-. The lowest BCUT2D eigenvalue weighted by Crippen LogP contribution is -2.46. The van der Waals surface area contributed by atoms with Crippen molar-refractivity contribution in [2.45, 2.75) is 32.7 Å². The highest BCUT2D eigenvalue weighted by Gasteiger charge is 2.15. The summed E-state index contributed by atoms with van der Waals surface area (Å²) in [6.07, 6.45) is 5.57. The van der Waals surface area contributed by atoms with Gasteiger partial charge in [-0.15, -0.1) is 0 Å². The number of nitrogens with one attached hydrogen (secondary N) is 2. The first-order chi connectivity index (χ1) is 16.8. The number of morpholine rings is 1. The Labute approximate surface area is 200 Å². The Morgan fingerprint density at radius 3 is 2.37 bits per heavy atom. The van der Waals surface area contributed by atoms with Crippen LogP contribution in [0.15, 0.2) is 34.1 Å². The molecule has 186 valence electrons. The molecule has 0 amide bonds. The molecule has 1 fully saturated rings. The van der Waals surface area contributed by atoms with Gasteiger partial charge in [-0.2, -0.15) is 0 Å². The second kappa shape index (κ2) is 10.9. The summed E-state index contributed by atoms with van der Waals surface area (Å²) in [5, 5.41) is 0.00814. The lowest BCUT2D eigenvalue weighted by Gasteiger charge is -2.26. The molecule has 4 rings (SSSR count). The van der Waals surface area contributed by atoms with E-state index in [0.29, 0.717) is 5.69 Å². The zero-order valence-corrected chi connectivity index (χ0v) is 19.8. The Kier molecular flexibility index (Phi) is 7.72. The van der Waals surface area contributed by atoms with Gasteiger partial charge in [0, 0.05) is 31.9 Å². The summed E-state index contributed by atoms with van der Waals surface area (Å²) in [5.74, 6) is -1.88. The third-order valence-corrected chi connectivity index (χ3v) is 5.95. The van der Waals surface area contributed by atoms with E-state index in [1.54, 1.807) is 12.4 Å². The van der Waals surface area contributed by atoms with Gasteiger partial charge in [-0.3, -0.25) is 14.5 Å². The third kappa shape index (κ3) is 6.01. The van der Waals surface area contributed by atoms with Crippen molar-refractivity contribution in [3.05, 3.63) is 84.5 Å². The van der Waals surface area contributed by atoms with E-state index in [0.717, 1.165) is 63.6 Å². The minimum atomic E-state index is -1.04. The average Bonchev–Trinajstić information content (AvgIpc) is 3.23. The highest BCUT2D eigenvalue weighted by Crippen LogP contribution is 2.20. The molecule has 1 aromatic carbocycles. The molecule has 0 unspecified atom stereocenters. The molecule has 3 heterocycles. The van der Waals surface area contributed by atoms with Gasteiger partial charge in [0.15, 0.2) is 11.6 Å². The molecule has 2 N–H and O–H groups in total. The van der Waals surface area contributed by atoms with E-state index in [4.69, 9.17) is 4.74 Å². The van der Waals surface area contributed by atoms with E-state index in [-0.39, 0.29) is 22.2 Å². The molecular weight excluding hydrogens is 456 g/mol. The fourth-order valence-corrected chi connectivity index (χ4v) is 4.22. The number of ether oxygens (including phenoxy) is 1. The molecule has 0 bridgehead atoms. The molecular formula is C25H29F2N5O3. The van der Waals surface area contributed by atoms with E-state index in [9.17, 15) is 18.4 Å². The highest BCUT2D eigenvalue weighted by molar-refractivity contribution is 5.49. The van der Waals surface area contributed by atoms with Crippen LogP contribution in [0.25, 0.3) is 12.2 Å². The van der Waals surface area contributed by atoms with Gasteiger partial charge in [-0.05, 0) is 42.2 Å². The lowest BCUT2D eigenvalue weighted by molar-refractivity contribution is 0.0369. The molecule has 3 aromatic rings. The summed E-state index contributed by atoms with van der Waals surface area (Å²) in [7, 11) is 0. The Balaban J connectivity index is 1.60. The zero-order chi connectivity index (χ0) is 24.9. The van der Waals surface area contributed by atoms with E-state index < -0.39 is 22.8 Å². The van der Waals surface area contributed by atoms with Crippen LogP contribution in [0.3, 0.4) is 0 Å². The smallest absolute Gasteiger partial charge is 0.272 e. The number of benzene rings is 1. The van der Waals surface area contributed by atoms with Crippen LogP contribution in [-0.4, -0.2) is 57.3 Å². The summed E-state index contributed by atoms with van der Waals surface area (Å²) in [4.78, 5) is 37.2. The largest absolute Gasteiger partial charge is 0.379 e. The van der Waals surface area contributed by atoms with Gasteiger partial charge in [0.2, 0.25) is 0 Å². The summed E-state index contributed by atoms with van der Waals surface area (Å²) in [6.45, 7) is 9.30. The average molecular weight is 486 g/mol. The molecule has 0 aliphatic carbocycles. The summed E-state index contributed by atoms with van der Waals surface area (Å²) in [5.41, 5.74) is 0.765. The number of nitrogens with zero attached hydrogens (tertiary/aromatic N) is 3. The normalized spacial score (nSPS) is 15.9. The molecule has 35 heavy (non-hydrogen) atoms. The van der Waals surface area contributed by atoms with E-state index in [1.807, 2.05) is 0 Å². The van der Waals surface area contributed by atoms with E-state index in [2.05, 4.69) is 38.3 Å². The van der Waals surface area contributed by atoms with Crippen LogP contribution in [0.1, 0.15) is 43.1 Å². The van der Waals surface area contributed by atoms with Crippen LogP contribution in [0.5, 0.6) is 0 Å². The zero-order valence-electron chi connectivity index (χ0n) is 19.8. The lowest BCUT2D eigenvalue weighted by atomic mass is 10.1. The van der Waals surface area contributed by atoms with Crippen molar-refractivity contribution in [3.63, 3.8) is 0 Å². The van der Waals surface area contributed by atoms with Gasteiger partial charge < -0.3 is 19.3 Å². The molecule has 2 aromatic heterocycles. The van der Waals surface area contributed by atoms with Crippen LogP contribution in [0.4, 0.5) is 8.78 Å². The van der Waals surface area contributed by atoms with Crippen molar-refractivity contribution in [2.24, 2.45) is 0 Å². The van der Waals surface area contributed by atoms with Gasteiger partial charge in [0.1, 0.15) is 10.7 Å². The fraction of sp³-hybridized carbons (Fsp3) is 0.400. The number of hydrogen-bond acceptors (Lipinski definition) is 5. The predicted molar refractivity (Wildman–Crippen MR) is 129 cm³/mol. The highest BCUT2D eigenvalue weighted by atomic mass is 19.2. The first-order valence-corrected chi connectivity index (χ1v) is 11.7. The van der Waals surface area contributed by atoms with Crippen molar-refractivity contribution in [3.8, 4) is 0 Å². The first kappa shape index (κ1) is 24.7. The molecule has 1 aliphatic heterocycles. The van der Waals surface area contributed by atoms with Crippen LogP contribution in [0.2, 0.25) is 0 Å². The van der Waals surface area contributed by atoms with Crippen molar-refractivity contribution < 1.29 is 13.5 Å². The van der Waals surface area contributed by atoms with Gasteiger partial charge in [-0.1, -0.05) is 19.9 Å². The SMILES string of the molecule is CC(C)c1c(/C=c2\[nH]c(=O)/c(=C/c3ccc(F)c(F)c3)[nH]c2=O)ncn1CCCN1CCOCC1. The fourth-order valence-electron chi connectivity index (χ4n) is 4.22. The third-order valence-electron chi connectivity index (χ3n) is 5.95. The topological polar surface area (TPSA) is 96.0 Å². The Hall–Kier alpha value is -3.37. The maximum atomic E-state index is 13.5. The molecule has 1 saturated heterocycles. The number of imidazole rings is 1. The second-order valence-electron chi connectivity index (χ2n) is 8.87. The maximum Gasteiger partial charge on any atom is 0.272 e. The van der Waals surface area contributed by atoms with Crippen LogP contribution in [0, 0.1) is 11.6 Å². The maximum absolute atomic E-state index is 13.5. The first-order valence-electron chi connectivity index (χ1n) is 11.7. The Morgan fingerprint density at radius 2 is 1.71 bits per heavy atom. The number of aromatic amines is 2. The molecule has 0 radical (unpaired) electrons. The van der Waals surface area contributed by atoms with Crippen molar-refractivity contribution in [1.82, 2.24) is 24.4 Å². The number of aryl methyl sites for hydroxylation is 1. The minimum absolute atomic E-state index is 0.0594. The van der Waals surface area contributed by atoms with Crippen LogP contribution in [-0.2, 0) is 11.3 Å². The summed E-state index contributed by atoms with van der Waals surface area (Å²) < 4.78 is 34.1. The Bertz CT molecular complexity index is 1420. The van der Waals surface area contributed by atoms with Gasteiger partial charge in [-0.25, -0.2) is 13.8 Å². The molecule has 0 spiro atoms. The summed E-state index contributed by atoms with van der Waals surface area (Å²) in [6, 6.07) is 3.23. The monoisotopic (exact) mass is 485 g/mol. The predicted octanol–water partition coefficient (Wildman–Crippen LogP) is 1.04. The van der Waals surface area contributed by atoms with Gasteiger partial charge in [0.05, 0.1) is 25.2 Å². The van der Waals surface area contributed by atoms with Gasteiger partial charge >= 0.3 is 0 Å². The van der Waals surface area contributed by atoms with Crippen molar-refractivity contribution >= 4 is 12.2 Å².